The van der Waals surface area contributed by atoms with E-state index in [1.165, 1.54) is 0 Å². The lowest BCUT2D eigenvalue weighted by Gasteiger charge is -1.99. The highest BCUT2D eigenvalue weighted by Crippen LogP contribution is 2.32. The molecule has 0 saturated heterocycles. The Hall–Kier alpha value is 0.240. The fourth-order valence-corrected chi connectivity index (χ4v) is 1.16. The predicted octanol–water partition coefficient (Wildman–Crippen LogP) is 3.83. The lowest BCUT2D eigenvalue weighted by molar-refractivity contribution is 0.626. The van der Waals surface area contributed by atoms with Crippen LogP contribution in [0.15, 0.2) is 0 Å². The first kappa shape index (κ1) is 9.33. The number of rotatable bonds is 0. The minimum Gasteiger partial charge on any atom is -0.221 e. The largest absolute Gasteiger partial charge is 0.221 e. The minimum absolute atomic E-state index is 0.196. The zero-order chi connectivity index (χ0) is 8.59. The van der Waals surface area contributed by atoms with Crippen LogP contribution < -0.4 is 0 Å². The number of hydrogen-bond acceptors (Lipinski definition) is 1. The molecule has 0 bridgehead atoms. The summed E-state index contributed by atoms with van der Waals surface area (Å²) in [4.78, 5) is 3.46. The first-order valence-corrected chi connectivity index (χ1v) is 3.90. The standard InChI is InChI=1S/C5Cl4FN/c6-1-3(10)2(7)5(9)11-4(1)8. The number of halogens is 5. The topological polar surface area (TPSA) is 12.9 Å². The van der Waals surface area contributed by atoms with Gasteiger partial charge in [0.05, 0.1) is 0 Å². The van der Waals surface area contributed by atoms with Crippen molar-refractivity contribution in [1.29, 1.82) is 0 Å². The van der Waals surface area contributed by atoms with E-state index in [1.807, 2.05) is 0 Å². The molecule has 0 N–H and O–H groups in total. The third-order valence-corrected chi connectivity index (χ3v) is 2.37. The third kappa shape index (κ3) is 1.70. The van der Waals surface area contributed by atoms with Crippen LogP contribution in [-0.2, 0) is 0 Å². The molecule has 0 saturated carbocycles. The van der Waals surface area contributed by atoms with Gasteiger partial charge in [0, 0.05) is 0 Å². The van der Waals surface area contributed by atoms with E-state index in [0.29, 0.717) is 0 Å². The maximum Gasteiger partial charge on any atom is 0.166 e. The van der Waals surface area contributed by atoms with Crippen molar-refractivity contribution in [3.8, 4) is 0 Å². The number of pyridine rings is 1. The Labute approximate surface area is 82.0 Å². The van der Waals surface area contributed by atoms with E-state index in [0.717, 1.165) is 0 Å². The molecule has 0 amide bonds. The fourth-order valence-electron chi connectivity index (χ4n) is 0.462. The van der Waals surface area contributed by atoms with E-state index in [9.17, 15) is 4.39 Å². The SMILES string of the molecule is Fc1c(Cl)c(Cl)nc(Cl)c1Cl. The molecule has 1 aromatic heterocycles. The Kier molecular flexibility index (Phi) is 2.81. The normalized spacial score (nSPS) is 10.3. The maximum atomic E-state index is 12.8. The van der Waals surface area contributed by atoms with Gasteiger partial charge in [-0.15, -0.1) is 0 Å². The Bertz CT molecular complexity index is 275. The van der Waals surface area contributed by atoms with Crippen LogP contribution in [0.3, 0.4) is 0 Å². The van der Waals surface area contributed by atoms with E-state index in [-0.39, 0.29) is 20.4 Å². The number of aromatic nitrogens is 1. The van der Waals surface area contributed by atoms with Crippen molar-refractivity contribution < 1.29 is 4.39 Å². The molecule has 1 rings (SSSR count). The summed E-state index contributed by atoms with van der Waals surface area (Å²) in [6.45, 7) is 0. The van der Waals surface area contributed by atoms with Crippen LogP contribution in [0.2, 0.25) is 20.4 Å². The molecular weight excluding hydrogens is 235 g/mol. The molecule has 11 heavy (non-hydrogen) atoms. The molecule has 1 nitrogen and oxygen atoms in total. The molecule has 0 aromatic carbocycles. The second-order valence-corrected chi connectivity index (χ2v) is 3.11. The van der Waals surface area contributed by atoms with Crippen molar-refractivity contribution in [2.45, 2.75) is 0 Å². The van der Waals surface area contributed by atoms with Gasteiger partial charge in [0.15, 0.2) is 16.1 Å². The van der Waals surface area contributed by atoms with Crippen molar-refractivity contribution in [2.24, 2.45) is 0 Å². The van der Waals surface area contributed by atoms with Crippen LogP contribution in [0.1, 0.15) is 0 Å². The summed E-state index contributed by atoms with van der Waals surface area (Å²) in [7, 11) is 0. The average Bonchev–Trinajstić information content (AvgIpc) is 1.97. The molecule has 6 heteroatoms. The Morgan fingerprint density at radius 2 is 1.27 bits per heavy atom. The second-order valence-electron chi connectivity index (χ2n) is 1.64. The van der Waals surface area contributed by atoms with Gasteiger partial charge >= 0.3 is 0 Å². The summed E-state index contributed by atoms with van der Waals surface area (Å²) >= 11 is 21.4. The highest BCUT2D eigenvalue weighted by molar-refractivity contribution is 6.45. The van der Waals surface area contributed by atoms with Crippen molar-refractivity contribution >= 4 is 46.4 Å². The molecule has 1 aromatic rings. The molecule has 0 radical (unpaired) electrons. The van der Waals surface area contributed by atoms with E-state index in [1.54, 1.807) is 0 Å². The molecule has 1 heterocycles. The van der Waals surface area contributed by atoms with Gasteiger partial charge in [0.1, 0.15) is 10.0 Å². The minimum atomic E-state index is -0.849. The Morgan fingerprint density at radius 1 is 0.909 bits per heavy atom. The van der Waals surface area contributed by atoms with Gasteiger partial charge in [0.25, 0.3) is 0 Å². The van der Waals surface area contributed by atoms with Crippen LogP contribution in [0.25, 0.3) is 0 Å². The zero-order valence-electron chi connectivity index (χ0n) is 4.84. The number of nitrogens with zero attached hydrogens (tertiary/aromatic N) is 1. The molecule has 0 fully saturated rings. The summed E-state index contributed by atoms with van der Waals surface area (Å²) in [6, 6.07) is 0. The van der Waals surface area contributed by atoms with E-state index in [2.05, 4.69) is 4.98 Å². The van der Waals surface area contributed by atoms with Crippen molar-refractivity contribution in [3.63, 3.8) is 0 Å². The van der Waals surface area contributed by atoms with Crippen molar-refractivity contribution in [2.75, 3.05) is 0 Å². The highest BCUT2D eigenvalue weighted by atomic mass is 35.5. The fraction of sp³-hybridized carbons (Fsp3) is 0. The first-order valence-electron chi connectivity index (χ1n) is 2.39. The monoisotopic (exact) mass is 233 g/mol. The van der Waals surface area contributed by atoms with Crippen molar-refractivity contribution in [1.82, 2.24) is 4.98 Å². The predicted molar refractivity (Wildman–Crippen MR) is 44.2 cm³/mol. The third-order valence-electron chi connectivity index (χ3n) is 0.944. The van der Waals surface area contributed by atoms with Crippen LogP contribution in [0.4, 0.5) is 4.39 Å². The van der Waals surface area contributed by atoms with Gasteiger partial charge in [-0.1, -0.05) is 46.4 Å². The molecule has 60 valence electrons. The van der Waals surface area contributed by atoms with Gasteiger partial charge in [0.2, 0.25) is 0 Å². The smallest absolute Gasteiger partial charge is 0.166 e. The highest BCUT2D eigenvalue weighted by Gasteiger charge is 2.14. The van der Waals surface area contributed by atoms with Crippen LogP contribution in [-0.4, -0.2) is 4.98 Å². The van der Waals surface area contributed by atoms with Crippen molar-refractivity contribution in [3.05, 3.63) is 26.2 Å². The molecule has 0 aliphatic rings. The Balaban J connectivity index is 3.46. The summed E-state index contributed by atoms with van der Waals surface area (Å²) in [5, 5.41) is -1.03. The average molecular weight is 235 g/mol. The van der Waals surface area contributed by atoms with Gasteiger partial charge in [-0.3, -0.25) is 0 Å². The summed E-state index contributed by atoms with van der Waals surface area (Å²) < 4.78 is 12.8. The lowest BCUT2D eigenvalue weighted by Crippen LogP contribution is -1.86. The van der Waals surface area contributed by atoms with Crippen LogP contribution in [0, 0.1) is 5.82 Å². The maximum absolute atomic E-state index is 12.8. The molecular formula is C5Cl4FN. The van der Waals surface area contributed by atoms with Crippen LogP contribution in [0.5, 0.6) is 0 Å². The lowest BCUT2D eigenvalue weighted by atomic mass is 10.5. The quantitative estimate of drug-likeness (QED) is 0.622. The Morgan fingerprint density at radius 3 is 1.64 bits per heavy atom. The van der Waals surface area contributed by atoms with Gasteiger partial charge in [-0.05, 0) is 0 Å². The summed E-state index contributed by atoms with van der Waals surface area (Å²) in [5.74, 6) is -0.849. The second kappa shape index (κ2) is 3.31. The van der Waals surface area contributed by atoms with E-state index < -0.39 is 5.82 Å². The molecule has 0 atom stereocenters. The summed E-state index contributed by atoms with van der Waals surface area (Å²) in [5.41, 5.74) is 0. The molecule has 0 spiro atoms. The zero-order valence-corrected chi connectivity index (χ0v) is 7.86. The molecule has 0 aliphatic heterocycles. The van der Waals surface area contributed by atoms with E-state index in [4.69, 9.17) is 46.4 Å². The first-order chi connectivity index (χ1) is 5.04. The molecule has 0 aliphatic carbocycles. The van der Waals surface area contributed by atoms with Crippen LogP contribution >= 0.6 is 46.4 Å². The number of hydrogen-bond donors (Lipinski definition) is 0. The van der Waals surface area contributed by atoms with Gasteiger partial charge in [-0.2, -0.15) is 0 Å². The van der Waals surface area contributed by atoms with Gasteiger partial charge in [-0.25, -0.2) is 9.37 Å². The summed E-state index contributed by atoms with van der Waals surface area (Å²) in [6.07, 6.45) is 0. The van der Waals surface area contributed by atoms with Gasteiger partial charge < -0.3 is 0 Å². The molecule has 0 unspecified atom stereocenters. The van der Waals surface area contributed by atoms with E-state index >= 15 is 0 Å².